The predicted molar refractivity (Wildman–Crippen MR) is 145 cm³/mol. The zero-order chi connectivity index (χ0) is 25.5. The minimum atomic E-state index is -3.51. The number of sulfonamides is 1. The molecule has 4 N–H and O–H groups in total. The highest BCUT2D eigenvalue weighted by Gasteiger charge is 2.16. The van der Waals surface area contributed by atoms with Gasteiger partial charge in [-0.15, -0.1) is 0 Å². The SMILES string of the molecule is CNc1nc(Nc2ccccc2)nc(NN=C(C)c2ccc(S(=O)(=O)NC)cc2)c1-c1ccccc1. The third-order valence-electron chi connectivity index (χ3n) is 5.42. The smallest absolute Gasteiger partial charge is 0.240 e. The highest BCUT2D eigenvalue weighted by Crippen LogP contribution is 2.34. The molecular weight excluding hydrogens is 474 g/mol. The van der Waals surface area contributed by atoms with Gasteiger partial charge in [-0.2, -0.15) is 15.1 Å². The van der Waals surface area contributed by atoms with Gasteiger partial charge in [0.05, 0.1) is 16.2 Å². The normalized spacial score (nSPS) is 11.7. The first-order valence-electron chi connectivity index (χ1n) is 11.2. The van der Waals surface area contributed by atoms with Crippen molar-refractivity contribution < 1.29 is 8.42 Å². The molecule has 9 nitrogen and oxygen atoms in total. The van der Waals surface area contributed by atoms with Gasteiger partial charge in [0.2, 0.25) is 16.0 Å². The van der Waals surface area contributed by atoms with E-state index in [1.165, 1.54) is 7.05 Å². The molecular formula is C26H27N7O2S. The van der Waals surface area contributed by atoms with Crippen molar-refractivity contribution >= 4 is 39.0 Å². The number of benzene rings is 3. The van der Waals surface area contributed by atoms with Crippen molar-refractivity contribution in [3.8, 4) is 11.1 Å². The van der Waals surface area contributed by atoms with E-state index in [0.717, 1.165) is 22.4 Å². The second-order valence-electron chi connectivity index (χ2n) is 7.77. The fraction of sp³-hybridized carbons (Fsp3) is 0.115. The summed E-state index contributed by atoms with van der Waals surface area (Å²) in [5.74, 6) is 1.54. The second-order valence-corrected chi connectivity index (χ2v) is 9.65. The Morgan fingerprint density at radius 1 is 0.806 bits per heavy atom. The summed E-state index contributed by atoms with van der Waals surface area (Å²) in [5.41, 5.74) is 7.06. The van der Waals surface area contributed by atoms with Crippen molar-refractivity contribution in [1.29, 1.82) is 0 Å². The van der Waals surface area contributed by atoms with Crippen LogP contribution >= 0.6 is 0 Å². The average molecular weight is 502 g/mol. The lowest BCUT2D eigenvalue weighted by atomic mass is 10.1. The molecule has 0 atom stereocenters. The average Bonchev–Trinajstić information content (AvgIpc) is 2.92. The number of para-hydroxylation sites is 1. The Bertz CT molecular complexity index is 1460. The molecule has 0 saturated heterocycles. The van der Waals surface area contributed by atoms with E-state index in [1.54, 1.807) is 31.3 Å². The first kappa shape index (κ1) is 24.8. The maximum Gasteiger partial charge on any atom is 0.240 e. The molecule has 1 heterocycles. The van der Waals surface area contributed by atoms with Crippen LogP contribution < -0.4 is 20.8 Å². The summed E-state index contributed by atoms with van der Waals surface area (Å²) in [4.78, 5) is 9.56. The van der Waals surface area contributed by atoms with E-state index in [-0.39, 0.29) is 4.90 Å². The Labute approximate surface area is 210 Å². The number of hydrazone groups is 1. The van der Waals surface area contributed by atoms with Gasteiger partial charge in [0.15, 0.2) is 5.82 Å². The van der Waals surface area contributed by atoms with E-state index in [2.05, 4.69) is 30.9 Å². The van der Waals surface area contributed by atoms with Crippen LogP contribution in [0.5, 0.6) is 0 Å². The van der Waals surface area contributed by atoms with Crippen molar-refractivity contribution in [1.82, 2.24) is 14.7 Å². The van der Waals surface area contributed by atoms with Crippen LogP contribution in [0, 0.1) is 0 Å². The molecule has 10 heteroatoms. The molecule has 0 saturated carbocycles. The summed E-state index contributed by atoms with van der Waals surface area (Å²) in [6.07, 6.45) is 0. The van der Waals surface area contributed by atoms with Gasteiger partial charge in [-0.3, -0.25) is 5.43 Å². The number of aromatic nitrogens is 2. The quantitative estimate of drug-likeness (QED) is 0.194. The summed E-state index contributed by atoms with van der Waals surface area (Å²) < 4.78 is 26.3. The third kappa shape index (κ3) is 5.68. The lowest BCUT2D eigenvalue weighted by Gasteiger charge is -2.16. The van der Waals surface area contributed by atoms with Crippen molar-refractivity contribution in [2.45, 2.75) is 11.8 Å². The summed E-state index contributed by atoms with van der Waals surface area (Å²) in [6.45, 7) is 1.83. The minimum absolute atomic E-state index is 0.187. The van der Waals surface area contributed by atoms with Crippen LogP contribution in [0.2, 0.25) is 0 Å². The number of anilines is 4. The van der Waals surface area contributed by atoms with Gasteiger partial charge in [0, 0.05) is 12.7 Å². The number of rotatable bonds is 9. The fourth-order valence-corrected chi connectivity index (χ4v) is 4.23. The van der Waals surface area contributed by atoms with Crippen molar-refractivity contribution in [2.75, 3.05) is 30.2 Å². The molecule has 4 rings (SSSR count). The molecule has 36 heavy (non-hydrogen) atoms. The lowest BCUT2D eigenvalue weighted by molar-refractivity contribution is 0.588. The number of hydrogen-bond acceptors (Lipinski definition) is 8. The van der Waals surface area contributed by atoms with Crippen LogP contribution in [0.4, 0.5) is 23.3 Å². The minimum Gasteiger partial charge on any atom is -0.372 e. The molecule has 0 aliphatic carbocycles. The Balaban J connectivity index is 1.71. The lowest BCUT2D eigenvalue weighted by Crippen LogP contribution is -2.18. The Morgan fingerprint density at radius 2 is 1.42 bits per heavy atom. The number of hydrogen-bond donors (Lipinski definition) is 4. The van der Waals surface area contributed by atoms with E-state index < -0.39 is 10.0 Å². The molecule has 0 aliphatic rings. The molecule has 0 aliphatic heterocycles. The van der Waals surface area contributed by atoms with Crippen molar-refractivity contribution in [3.63, 3.8) is 0 Å². The van der Waals surface area contributed by atoms with Gasteiger partial charge < -0.3 is 10.6 Å². The predicted octanol–water partition coefficient (Wildman–Crippen LogP) is 4.67. The van der Waals surface area contributed by atoms with Crippen molar-refractivity contribution in [3.05, 3.63) is 90.5 Å². The van der Waals surface area contributed by atoms with Crippen LogP contribution in [-0.2, 0) is 10.0 Å². The zero-order valence-electron chi connectivity index (χ0n) is 20.1. The molecule has 0 radical (unpaired) electrons. The largest absolute Gasteiger partial charge is 0.372 e. The highest BCUT2D eigenvalue weighted by atomic mass is 32.2. The number of nitrogens with one attached hydrogen (secondary N) is 4. The maximum absolute atomic E-state index is 12.0. The molecule has 0 unspecified atom stereocenters. The topological polar surface area (TPSA) is 120 Å². The van der Waals surface area contributed by atoms with Crippen molar-refractivity contribution in [2.24, 2.45) is 5.10 Å². The maximum atomic E-state index is 12.0. The second kappa shape index (κ2) is 11.0. The first-order chi connectivity index (χ1) is 17.4. The molecule has 0 fully saturated rings. The van der Waals surface area contributed by atoms with Crippen LogP contribution in [-0.4, -0.2) is 38.2 Å². The van der Waals surface area contributed by atoms with Crippen LogP contribution in [0.1, 0.15) is 12.5 Å². The molecule has 0 spiro atoms. The Hall–Kier alpha value is -4.28. The fourth-order valence-electron chi connectivity index (χ4n) is 3.50. The van der Waals surface area contributed by atoms with Gasteiger partial charge in [0.1, 0.15) is 5.82 Å². The van der Waals surface area contributed by atoms with Gasteiger partial charge >= 0.3 is 0 Å². The first-order valence-corrected chi connectivity index (χ1v) is 12.7. The van der Waals surface area contributed by atoms with Gasteiger partial charge in [-0.1, -0.05) is 60.7 Å². The molecule has 0 amide bonds. The monoisotopic (exact) mass is 501 g/mol. The van der Waals surface area contributed by atoms with Gasteiger partial charge in [0.25, 0.3) is 0 Å². The summed E-state index contributed by atoms with van der Waals surface area (Å²) in [6, 6.07) is 26.0. The Morgan fingerprint density at radius 3 is 2.03 bits per heavy atom. The summed E-state index contributed by atoms with van der Waals surface area (Å²) in [5, 5.41) is 10.9. The highest BCUT2D eigenvalue weighted by molar-refractivity contribution is 7.89. The summed E-state index contributed by atoms with van der Waals surface area (Å²) >= 11 is 0. The molecule has 3 aromatic carbocycles. The molecule has 4 aromatic rings. The van der Waals surface area contributed by atoms with Crippen LogP contribution in [0.15, 0.2) is 94.9 Å². The zero-order valence-corrected chi connectivity index (χ0v) is 21.0. The molecule has 1 aromatic heterocycles. The van der Waals surface area contributed by atoms with E-state index in [0.29, 0.717) is 23.3 Å². The summed E-state index contributed by atoms with van der Waals surface area (Å²) in [7, 11) is -0.320. The van der Waals surface area contributed by atoms with E-state index in [9.17, 15) is 8.42 Å². The standard InChI is InChI=1S/C26H27N7O2S/c1-18(19-14-16-22(17-15-19)36(34,35)28-3)32-33-25-23(20-10-6-4-7-11-20)24(27-2)30-26(31-25)29-21-12-8-5-9-13-21/h4-17,28H,1-3H3,(H3,27,29,30,31,33). The molecule has 184 valence electrons. The molecule has 0 bridgehead atoms. The third-order valence-corrected chi connectivity index (χ3v) is 6.85. The van der Waals surface area contributed by atoms with Crippen LogP contribution in [0.3, 0.4) is 0 Å². The van der Waals surface area contributed by atoms with Gasteiger partial charge in [-0.05, 0) is 49.4 Å². The van der Waals surface area contributed by atoms with E-state index in [4.69, 9.17) is 4.98 Å². The van der Waals surface area contributed by atoms with E-state index in [1.807, 2.05) is 67.6 Å². The Kier molecular flexibility index (Phi) is 7.57. The van der Waals surface area contributed by atoms with Crippen LogP contribution in [0.25, 0.3) is 11.1 Å². The van der Waals surface area contributed by atoms with Gasteiger partial charge in [-0.25, -0.2) is 13.1 Å². The van der Waals surface area contributed by atoms with E-state index >= 15 is 0 Å². The number of nitrogens with zero attached hydrogens (tertiary/aromatic N) is 3.